The van der Waals surface area contributed by atoms with Crippen LogP contribution in [-0.4, -0.2) is 88.0 Å². The first-order valence-corrected chi connectivity index (χ1v) is 15.8. The maximum Gasteiger partial charge on any atom is 0.273 e. The molecule has 0 saturated carbocycles. The van der Waals surface area contributed by atoms with E-state index in [0.29, 0.717) is 24.3 Å². The van der Waals surface area contributed by atoms with Gasteiger partial charge in [0.1, 0.15) is 10.7 Å². The highest BCUT2D eigenvalue weighted by atomic mass is 32.2. The summed E-state index contributed by atoms with van der Waals surface area (Å²) in [7, 11) is 0. The highest BCUT2D eigenvalue weighted by molar-refractivity contribution is 7.99. The Labute approximate surface area is 236 Å². The number of amides is 2. The van der Waals surface area contributed by atoms with Crippen molar-refractivity contribution in [1.29, 1.82) is 0 Å². The molecule has 0 aliphatic carbocycles. The number of aromatic nitrogens is 2. The largest absolute Gasteiger partial charge is 0.339 e. The van der Waals surface area contributed by atoms with Crippen LogP contribution < -0.4 is 0 Å². The molecule has 2 fully saturated rings. The van der Waals surface area contributed by atoms with Crippen molar-refractivity contribution in [1.82, 2.24) is 24.7 Å². The van der Waals surface area contributed by atoms with Crippen LogP contribution in [0.3, 0.4) is 0 Å². The maximum absolute atomic E-state index is 13.2. The first-order chi connectivity index (χ1) is 18.6. The molecule has 0 bridgehead atoms. The van der Waals surface area contributed by atoms with Crippen LogP contribution in [0.15, 0.2) is 58.9 Å². The molecule has 7 nitrogen and oxygen atoms in total. The lowest BCUT2D eigenvalue weighted by Crippen LogP contribution is -2.49. The van der Waals surface area contributed by atoms with E-state index in [1.807, 2.05) is 44.7 Å². The lowest BCUT2D eigenvalue weighted by Gasteiger charge is -2.34. The van der Waals surface area contributed by atoms with E-state index in [0.717, 1.165) is 67.8 Å². The number of carbonyl (C=O) groups is 2. The Morgan fingerprint density at radius 1 is 1.03 bits per heavy atom. The smallest absolute Gasteiger partial charge is 0.273 e. The second-order valence-electron chi connectivity index (χ2n) is 9.56. The molecule has 3 aromatic heterocycles. The number of piperidine rings is 1. The van der Waals surface area contributed by atoms with Gasteiger partial charge >= 0.3 is 0 Å². The zero-order valence-electron chi connectivity index (χ0n) is 21.5. The van der Waals surface area contributed by atoms with Gasteiger partial charge in [0.15, 0.2) is 0 Å². The van der Waals surface area contributed by atoms with Crippen molar-refractivity contribution in [2.24, 2.45) is 0 Å². The minimum atomic E-state index is 0.0349. The zero-order chi connectivity index (χ0) is 26.3. The van der Waals surface area contributed by atoms with Crippen molar-refractivity contribution in [2.45, 2.75) is 30.2 Å². The monoisotopic (exact) mass is 567 g/mol. The van der Waals surface area contributed by atoms with Crippen molar-refractivity contribution >= 4 is 46.2 Å². The Morgan fingerprint density at radius 2 is 1.82 bits per heavy atom. The second kappa shape index (κ2) is 13.0. The highest BCUT2D eigenvalue weighted by Gasteiger charge is 2.29. The van der Waals surface area contributed by atoms with E-state index in [1.165, 1.54) is 16.6 Å². The summed E-state index contributed by atoms with van der Waals surface area (Å²) in [4.78, 5) is 43.2. The van der Waals surface area contributed by atoms with Crippen LogP contribution in [0.1, 0.15) is 49.5 Å². The van der Waals surface area contributed by atoms with Gasteiger partial charge < -0.3 is 9.80 Å². The molecule has 0 unspecified atom stereocenters. The van der Waals surface area contributed by atoms with E-state index in [9.17, 15) is 9.59 Å². The second-order valence-corrected chi connectivity index (χ2v) is 12.5. The molecule has 2 aliphatic rings. The van der Waals surface area contributed by atoms with Gasteiger partial charge in [-0.05, 0) is 42.8 Å². The zero-order valence-corrected chi connectivity index (χ0v) is 23.9. The predicted molar refractivity (Wildman–Crippen MR) is 156 cm³/mol. The highest BCUT2D eigenvalue weighted by Crippen LogP contribution is 2.32. The van der Waals surface area contributed by atoms with Gasteiger partial charge in [0, 0.05) is 73.9 Å². The summed E-state index contributed by atoms with van der Waals surface area (Å²) < 4.78 is 0. The third-order valence-electron chi connectivity index (χ3n) is 7.13. The normalized spacial score (nSPS) is 17.1. The number of nitrogens with zero attached hydrogens (tertiary/aromatic N) is 5. The van der Waals surface area contributed by atoms with E-state index in [-0.39, 0.29) is 17.7 Å². The third-order valence-corrected chi connectivity index (χ3v) is 10.1. The molecule has 0 N–H and O–H groups in total. The number of thioether (sulfide) groups is 1. The van der Waals surface area contributed by atoms with Gasteiger partial charge in [-0.1, -0.05) is 12.1 Å². The molecular weight excluding hydrogens is 535 g/mol. The van der Waals surface area contributed by atoms with E-state index in [4.69, 9.17) is 4.98 Å². The van der Waals surface area contributed by atoms with Crippen molar-refractivity contribution < 1.29 is 9.59 Å². The molecule has 2 saturated heterocycles. The molecule has 2 aliphatic heterocycles. The average Bonchev–Trinajstić information content (AvgIpc) is 3.68. The predicted octanol–water partition coefficient (Wildman–Crippen LogP) is 4.90. The van der Waals surface area contributed by atoms with E-state index in [1.54, 1.807) is 17.5 Å². The van der Waals surface area contributed by atoms with Gasteiger partial charge in [-0.15, -0.1) is 41.0 Å². The summed E-state index contributed by atoms with van der Waals surface area (Å²) in [5, 5.41) is 5.81. The maximum atomic E-state index is 13.2. The topological polar surface area (TPSA) is 69.6 Å². The first kappa shape index (κ1) is 27.1. The molecule has 5 rings (SSSR count). The molecule has 3 aromatic rings. The Balaban J connectivity index is 1.11. The molecule has 10 heteroatoms. The number of hydrogen-bond acceptors (Lipinski definition) is 8. The standard InChI is InChI=1S/C28H33N5O2S3/c1-2-18-37-26-23(6-3-10-29-26)27(34)32-12-7-21(8-13-32)25-30-24(20-38-25)28(35)33-16-14-31(15-17-33)11-9-22-5-4-19-36-22/h2-6,10,19-21H,1,7-9,11-18H2. The Hall–Kier alpha value is -2.53. The fourth-order valence-corrected chi connectivity index (χ4v) is 7.32. The van der Waals surface area contributed by atoms with Gasteiger partial charge in [-0.25, -0.2) is 9.97 Å². The van der Waals surface area contributed by atoms with E-state index in [2.05, 4.69) is 34.0 Å². The van der Waals surface area contributed by atoms with Gasteiger partial charge in [0.05, 0.1) is 10.6 Å². The number of thiazole rings is 1. The summed E-state index contributed by atoms with van der Waals surface area (Å²) in [5.74, 6) is 1.07. The number of carbonyl (C=O) groups excluding carboxylic acids is 2. The number of pyridine rings is 1. The number of hydrogen-bond donors (Lipinski definition) is 0. The summed E-state index contributed by atoms with van der Waals surface area (Å²) in [5.41, 5.74) is 1.22. The van der Waals surface area contributed by atoms with Crippen molar-refractivity contribution in [3.05, 3.63) is 75.0 Å². The summed E-state index contributed by atoms with van der Waals surface area (Å²) in [6.07, 6.45) is 6.32. The average molecular weight is 568 g/mol. The number of likely N-dealkylation sites (tertiary alicyclic amines) is 1. The van der Waals surface area contributed by atoms with E-state index < -0.39 is 0 Å². The number of rotatable bonds is 9. The minimum Gasteiger partial charge on any atom is -0.339 e. The Morgan fingerprint density at radius 3 is 2.55 bits per heavy atom. The van der Waals surface area contributed by atoms with Gasteiger partial charge in [0.25, 0.3) is 11.8 Å². The van der Waals surface area contributed by atoms with Crippen LogP contribution in [0.4, 0.5) is 0 Å². The number of thiophene rings is 1. The summed E-state index contributed by atoms with van der Waals surface area (Å²) in [6.45, 7) is 9.48. The van der Waals surface area contributed by atoms with Crippen LogP contribution in [0.5, 0.6) is 0 Å². The first-order valence-electron chi connectivity index (χ1n) is 13.1. The molecule has 200 valence electrons. The van der Waals surface area contributed by atoms with Gasteiger partial charge in [-0.3, -0.25) is 14.5 Å². The SMILES string of the molecule is C=CCSc1ncccc1C(=O)N1CCC(c2nc(C(=O)N3CCN(CCc4cccs4)CC3)cs2)CC1. The lowest BCUT2D eigenvalue weighted by molar-refractivity contribution is 0.0633. The van der Waals surface area contributed by atoms with Crippen molar-refractivity contribution in [3.8, 4) is 0 Å². The van der Waals surface area contributed by atoms with Crippen molar-refractivity contribution in [3.63, 3.8) is 0 Å². The molecular formula is C28H33N5O2S3. The van der Waals surface area contributed by atoms with Gasteiger partial charge in [0.2, 0.25) is 0 Å². The molecule has 0 atom stereocenters. The van der Waals surface area contributed by atoms with Crippen LogP contribution in [-0.2, 0) is 6.42 Å². The fourth-order valence-electron chi connectivity index (χ4n) is 4.94. The van der Waals surface area contributed by atoms with Gasteiger partial charge in [-0.2, -0.15) is 0 Å². The van der Waals surface area contributed by atoms with Crippen LogP contribution in [0, 0.1) is 0 Å². The van der Waals surface area contributed by atoms with E-state index >= 15 is 0 Å². The lowest BCUT2D eigenvalue weighted by atomic mass is 9.97. The van der Waals surface area contributed by atoms with Crippen LogP contribution in [0.2, 0.25) is 0 Å². The molecule has 5 heterocycles. The van der Waals surface area contributed by atoms with Crippen LogP contribution >= 0.6 is 34.4 Å². The minimum absolute atomic E-state index is 0.0349. The molecule has 0 spiro atoms. The van der Waals surface area contributed by atoms with Crippen molar-refractivity contribution in [2.75, 3.05) is 51.6 Å². The molecule has 2 amide bonds. The summed E-state index contributed by atoms with van der Waals surface area (Å²) >= 11 is 4.92. The summed E-state index contributed by atoms with van der Waals surface area (Å²) in [6, 6.07) is 7.96. The quantitative estimate of drug-likeness (QED) is 0.271. The third kappa shape index (κ3) is 6.54. The number of piperazine rings is 1. The van der Waals surface area contributed by atoms with Crippen LogP contribution in [0.25, 0.3) is 0 Å². The molecule has 0 radical (unpaired) electrons. The fraction of sp³-hybridized carbons (Fsp3) is 0.429. The molecule has 0 aromatic carbocycles. The Bertz CT molecular complexity index is 1230. The Kier molecular flexibility index (Phi) is 9.27. The molecule has 38 heavy (non-hydrogen) atoms.